The van der Waals surface area contributed by atoms with Gasteiger partial charge >= 0.3 is 0 Å². The minimum absolute atomic E-state index is 0.0918. The first-order chi connectivity index (χ1) is 7.50. The van der Waals surface area contributed by atoms with E-state index in [9.17, 15) is 8.78 Å². The van der Waals surface area contributed by atoms with Crippen LogP contribution < -0.4 is 0 Å². The van der Waals surface area contributed by atoms with Gasteiger partial charge in [0.2, 0.25) is 0 Å². The minimum Gasteiger partial charge on any atom is -0.207 e. The molecule has 0 amide bonds. The molecular weight excluding hydrogens is 246 g/mol. The van der Waals surface area contributed by atoms with Crippen LogP contribution in [0.3, 0.4) is 0 Å². The number of hydrogen-bond donors (Lipinski definition) is 0. The maximum Gasteiger partial charge on any atom is 0.139 e. The average Bonchev–Trinajstić information content (AvgIpc) is 2.27. The van der Waals surface area contributed by atoms with Crippen molar-refractivity contribution in [1.82, 2.24) is 0 Å². The van der Waals surface area contributed by atoms with E-state index in [0.29, 0.717) is 10.6 Å². The topological polar surface area (TPSA) is 0 Å². The Kier molecular flexibility index (Phi) is 4.87. The molecule has 1 rings (SSSR count). The summed E-state index contributed by atoms with van der Waals surface area (Å²) in [6.45, 7) is 5.81. The molecule has 0 radical (unpaired) electrons. The monoisotopic (exact) mass is 260 g/mol. The van der Waals surface area contributed by atoms with Crippen LogP contribution >= 0.6 is 23.5 Å². The average molecular weight is 260 g/mol. The van der Waals surface area contributed by atoms with E-state index >= 15 is 0 Å². The fraction of sp³-hybridized carbons (Fsp3) is 0.333. The van der Waals surface area contributed by atoms with Crippen LogP contribution in [-0.2, 0) is 0 Å². The fourth-order valence-electron chi connectivity index (χ4n) is 1.01. The van der Waals surface area contributed by atoms with Crippen LogP contribution in [0.5, 0.6) is 0 Å². The van der Waals surface area contributed by atoms with Gasteiger partial charge in [-0.1, -0.05) is 6.08 Å². The highest BCUT2D eigenvalue weighted by atomic mass is 32.2. The molecule has 0 nitrogen and oxygen atoms in total. The standard InChI is InChI=1S/C12H14F2S2/c1-4-12(2,15-3)8-16-11-6-5-9(13)7-10(11)14/h4-7H,1,8H2,2-3H3. The van der Waals surface area contributed by atoms with Crippen LogP contribution in [0.2, 0.25) is 0 Å². The van der Waals surface area contributed by atoms with Gasteiger partial charge in [-0.15, -0.1) is 18.3 Å². The van der Waals surface area contributed by atoms with Crippen LogP contribution in [0.25, 0.3) is 0 Å². The summed E-state index contributed by atoms with van der Waals surface area (Å²) in [6.07, 6.45) is 3.84. The van der Waals surface area contributed by atoms with E-state index in [1.807, 2.05) is 19.3 Å². The zero-order valence-electron chi connectivity index (χ0n) is 9.30. The number of benzene rings is 1. The Morgan fingerprint density at radius 2 is 2.12 bits per heavy atom. The molecule has 88 valence electrons. The Morgan fingerprint density at radius 1 is 1.44 bits per heavy atom. The second-order valence-electron chi connectivity index (χ2n) is 3.58. The highest BCUT2D eigenvalue weighted by Gasteiger charge is 2.19. The lowest BCUT2D eigenvalue weighted by molar-refractivity contribution is 0.565. The molecule has 0 aliphatic rings. The molecule has 1 atom stereocenters. The predicted octanol–water partition coefficient (Wildman–Crippen LogP) is 4.36. The van der Waals surface area contributed by atoms with Crippen molar-refractivity contribution in [2.24, 2.45) is 0 Å². The molecule has 0 spiro atoms. The lowest BCUT2D eigenvalue weighted by Gasteiger charge is -2.22. The van der Waals surface area contributed by atoms with Crippen LogP contribution in [-0.4, -0.2) is 16.8 Å². The van der Waals surface area contributed by atoms with Gasteiger partial charge in [-0.3, -0.25) is 0 Å². The van der Waals surface area contributed by atoms with Crippen LogP contribution in [0.4, 0.5) is 8.78 Å². The Labute approximate surface area is 104 Å². The first-order valence-corrected chi connectivity index (χ1v) is 6.98. The lowest BCUT2D eigenvalue weighted by atomic mass is 10.2. The number of hydrogen-bond acceptors (Lipinski definition) is 2. The van der Waals surface area contributed by atoms with E-state index in [4.69, 9.17) is 0 Å². The van der Waals surface area contributed by atoms with Crippen molar-refractivity contribution in [3.8, 4) is 0 Å². The van der Waals surface area contributed by atoms with E-state index in [1.54, 1.807) is 11.8 Å². The molecule has 0 heterocycles. The zero-order valence-corrected chi connectivity index (χ0v) is 10.9. The zero-order chi connectivity index (χ0) is 12.2. The fourth-order valence-corrected chi connectivity index (χ4v) is 2.75. The Bertz CT molecular complexity index is 379. The highest BCUT2D eigenvalue weighted by Crippen LogP contribution is 2.32. The van der Waals surface area contributed by atoms with Gasteiger partial charge in [-0.05, 0) is 25.3 Å². The van der Waals surface area contributed by atoms with E-state index < -0.39 is 11.6 Å². The summed E-state index contributed by atoms with van der Waals surface area (Å²) in [7, 11) is 0. The van der Waals surface area contributed by atoms with E-state index in [-0.39, 0.29) is 4.75 Å². The van der Waals surface area contributed by atoms with Crippen molar-refractivity contribution in [2.75, 3.05) is 12.0 Å². The third-order valence-corrected chi connectivity index (χ3v) is 5.12. The molecule has 0 N–H and O–H groups in total. The largest absolute Gasteiger partial charge is 0.207 e. The molecule has 16 heavy (non-hydrogen) atoms. The van der Waals surface area contributed by atoms with E-state index in [1.165, 1.54) is 23.9 Å². The molecular formula is C12H14F2S2. The predicted molar refractivity (Wildman–Crippen MR) is 69.2 cm³/mol. The Hall–Kier alpha value is -0.480. The van der Waals surface area contributed by atoms with Crippen molar-refractivity contribution in [3.63, 3.8) is 0 Å². The molecule has 0 saturated heterocycles. The van der Waals surface area contributed by atoms with Crippen molar-refractivity contribution in [2.45, 2.75) is 16.6 Å². The quantitative estimate of drug-likeness (QED) is 0.569. The van der Waals surface area contributed by atoms with Gasteiger partial charge in [0.05, 0.1) is 0 Å². The molecule has 0 aliphatic heterocycles. The van der Waals surface area contributed by atoms with Crippen molar-refractivity contribution < 1.29 is 8.78 Å². The van der Waals surface area contributed by atoms with Crippen LogP contribution in [0.1, 0.15) is 6.92 Å². The minimum atomic E-state index is -0.543. The van der Waals surface area contributed by atoms with Gasteiger partial charge in [0.25, 0.3) is 0 Å². The third-order valence-electron chi connectivity index (χ3n) is 2.31. The Morgan fingerprint density at radius 3 is 2.62 bits per heavy atom. The number of rotatable bonds is 5. The number of thioether (sulfide) groups is 2. The summed E-state index contributed by atoms with van der Waals surface area (Å²) < 4.78 is 25.9. The molecule has 0 aliphatic carbocycles. The van der Waals surface area contributed by atoms with Gasteiger partial charge in [0, 0.05) is 21.5 Å². The Balaban J connectivity index is 2.71. The first kappa shape index (κ1) is 13.6. The molecule has 1 aromatic rings. The van der Waals surface area contributed by atoms with E-state index in [0.717, 1.165) is 6.07 Å². The molecule has 1 unspecified atom stereocenters. The summed E-state index contributed by atoms with van der Waals surface area (Å²) >= 11 is 3.04. The van der Waals surface area contributed by atoms with Crippen LogP contribution in [0, 0.1) is 11.6 Å². The SMILES string of the molecule is C=CC(C)(CSc1ccc(F)cc1F)SC. The van der Waals surface area contributed by atoms with Crippen molar-refractivity contribution >= 4 is 23.5 Å². The summed E-state index contributed by atoms with van der Waals surface area (Å²) in [6, 6.07) is 3.65. The maximum atomic E-state index is 13.3. The van der Waals surface area contributed by atoms with Gasteiger partial charge in [0.15, 0.2) is 0 Å². The van der Waals surface area contributed by atoms with Gasteiger partial charge < -0.3 is 0 Å². The summed E-state index contributed by atoms with van der Waals surface area (Å²) in [5.41, 5.74) is 0. The van der Waals surface area contributed by atoms with Crippen molar-refractivity contribution in [1.29, 1.82) is 0 Å². The molecule has 0 aromatic heterocycles. The van der Waals surface area contributed by atoms with Crippen LogP contribution in [0.15, 0.2) is 35.7 Å². The van der Waals surface area contributed by atoms with E-state index in [2.05, 4.69) is 6.58 Å². The summed E-state index contributed by atoms with van der Waals surface area (Å²) in [5, 5.41) is 0. The summed E-state index contributed by atoms with van der Waals surface area (Å²) in [4.78, 5) is 0.475. The first-order valence-electron chi connectivity index (χ1n) is 4.77. The molecule has 0 bridgehead atoms. The van der Waals surface area contributed by atoms with Gasteiger partial charge in [-0.2, -0.15) is 11.8 Å². The molecule has 0 fully saturated rings. The van der Waals surface area contributed by atoms with Gasteiger partial charge in [0.1, 0.15) is 11.6 Å². The smallest absolute Gasteiger partial charge is 0.139 e. The summed E-state index contributed by atoms with van der Waals surface area (Å²) in [5.74, 6) is -0.337. The highest BCUT2D eigenvalue weighted by molar-refractivity contribution is 8.03. The lowest BCUT2D eigenvalue weighted by Crippen LogP contribution is -2.19. The molecule has 4 heteroatoms. The molecule has 1 aromatic carbocycles. The van der Waals surface area contributed by atoms with Crippen molar-refractivity contribution in [3.05, 3.63) is 42.5 Å². The number of halogens is 2. The van der Waals surface area contributed by atoms with Gasteiger partial charge in [-0.25, -0.2) is 8.78 Å². The maximum absolute atomic E-state index is 13.3. The molecule has 0 saturated carbocycles. The second kappa shape index (κ2) is 5.73. The third kappa shape index (κ3) is 3.52. The second-order valence-corrected chi connectivity index (χ2v) is 5.94. The normalized spacial score (nSPS) is 14.5.